The highest BCUT2D eigenvalue weighted by molar-refractivity contribution is 7.84. The van der Waals surface area contributed by atoms with Crippen LogP contribution < -0.4 is 0 Å². The van der Waals surface area contributed by atoms with Crippen molar-refractivity contribution in [3.05, 3.63) is 111 Å². The first-order chi connectivity index (χ1) is 21.2. The number of halogens is 3. The zero-order valence-electron chi connectivity index (χ0n) is 24.7. The van der Waals surface area contributed by atoms with E-state index in [4.69, 9.17) is 23.2 Å². The van der Waals surface area contributed by atoms with Crippen LogP contribution in [0.1, 0.15) is 58.1 Å². The van der Waals surface area contributed by atoms with Crippen LogP contribution >= 0.6 is 23.2 Å². The normalized spacial score (nSPS) is 15.5. The quantitative estimate of drug-likeness (QED) is 0.184. The molecule has 1 heterocycles. The average Bonchev–Trinajstić information content (AvgIpc) is 3.03. The number of fused-ring (bicyclic) bond motifs is 1. The topological polar surface area (TPSA) is 64.4 Å². The molecule has 1 amide bonds. The Morgan fingerprint density at radius 1 is 1.07 bits per heavy atom. The number of piperidine rings is 1. The van der Waals surface area contributed by atoms with Crippen LogP contribution in [0.4, 0.5) is 4.39 Å². The van der Waals surface area contributed by atoms with E-state index in [0.29, 0.717) is 38.2 Å². The summed E-state index contributed by atoms with van der Waals surface area (Å²) in [6.45, 7) is 2.82. The van der Waals surface area contributed by atoms with Crippen molar-refractivity contribution in [2.75, 3.05) is 39.5 Å². The Balaban J connectivity index is 1.31. The van der Waals surface area contributed by atoms with Gasteiger partial charge in [-0.15, -0.1) is 0 Å². The monoisotopic (exact) mass is 649 g/mol. The zero-order valence-corrected chi connectivity index (χ0v) is 27.1. The highest BCUT2D eigenvalue weighted by Gasteiger charge is 2.27. The van der Waals surface area contributed by atoms with E-state index in [1.807, 2.05) is 36.4 Å². The minimum absolute atomic E-state index is 0.0254. The van der Waals surface area contributed by atoms with Gasteiger partial charge in [0.1, 0.15) is 5.82 Å². The Morgan fingerprint density at radius 3 is 2.52 bits per heavy atom. The van der Waals surface area contributed by atoms with E-state index < -0.39 is 10.8 Å². The molecule has 5 rings (SSSR count). The van der Waals surface area contributed by atoms with Gasteiger partial charge in [0, 0.05) is 41.8 Å². The number of amides is 1. The summed E-state index contributed by atoms with van der Waals surface area (Å²) in [7, 11) is 0.536. The number of hydrogen-bond acceptors (Lipinski definition) is 4. The number of carbonyl (C=O) groups excluding carboxylic acids is 1. The predicted molar refractivity (Wildman–Crippen MR) is 177 cm³/mol. The van der Waals surface area contributed by atoms with Crippen molar-refractivity contribution >= 4 is 50.7 Å². The molecule has 0 bridgehead atoms. The summed E-state index contributed by atoms with van der Waals surface area (Å²) in [5, 5.41) is 12.2. The molecule has 1 unspecified atom stereocenters. The van der Waals surface area contributed by atoms with Crippen molar-refractivity contribution in [3.63, 3.8) is 0 Å². The molecule has 228 valence electrons. The summed E-state index contributed by atoms with van der Waals surface area (Å²) in [6, 6.07) is 23.7. The van der Waals surface area contributed by atoms with Crippen LogP contribution in [0.5, 0.6) is 0 Å². The fourth-order valence-corrected chi connectivity index (χ4v) is 7.40. The number of benzene rings is 4. The molecule has 1 fully saturated rings. The maximum Gasteiger partial charge on any atom is 0.254 e. The Labute approximate surface area is 270 Å². The minimum Gasteiger partial charge on any atom is -0.341 e. The van der Waals surface area contributed by atoms with E-state index in [9.17, 15) is 18.7 Å². The number of hydrogen-bond donors (Lipinski definition) is 0. The summed E-state index contributed by atoms with van der Waals surface area (Å²) >= 11 is 12.7. The van der Waals surface area contributed by atoms with E-state index in [-0.39, 0.29) is 23.6 Å². The smallest absolute Gasteiger partial charge is 0.254 e. The Kier molecular flexibility index (Phi) is 10.4. The summed E-state index contributed by atoms with van der Waals surface area (Å²) in [6.07, 6.45) is 3.93. The fourth-order valence-electron chi connectivity index (χ4n) is 6.25. The fraction of sp³-hybridized carbons (Fsp3) is 0.314. The first-order valence-corrected chi connectivity index (χ1v) is 16.9. The van der Waals surface area contributed by atoms with Gasteiger partial charge in [0.05, 0.1) is 32.5 Å². The SMILES string of the molecule is CN(CC(CCN1CCC(c2c(F)cccc2[S@](C)=O)CC1)c1ccc(Cl)c(Cl)c1)C(=O)c1cc(C#N)cc2ccccc12. The zero-order chi connectivity index (χ0) is 31.4. The molecule has 0 aliphatic carbocycles. The van der Waals surface area contributed by atoms with Crippen molar-refractivity contribution in [1.82, 2.24) is 9.80 Å². The third-order valence-electron chi connectivity index (χ3n) is 8.59. The van der Waals surface area contributed by atoms with Gasteiger partial charge in [0.2, 0.25) is 0 Å². The summed E-state index contributed by atoms with van der Waals surface area (Å²) in [5.41, 5.74) is 2.52. The number of likely N-dealkylation sites (N-methyl/N-ethyl adjacent to an activating group) is 1. The summed E-state index contributed by atoms with van der Waals surface area (Å²) in [4.78, 5) is 18.5. The molecule has 5 nitrogen and oxygen atoms in total. The lowest BCUT2D eigenvalue weighted by Crippen LogP contribution is -2.36. The molecule has 4 aromatic carbocycles. The van der Waals surface area contributed by atoms with Crippen LogP contribution in [-0.4, -0.2) is 59.4 Å². The molecule has 0 radical (unpaired) electrons. The molecule has 1 aliphatic rings. The molecule has 0 spiro atoms. The third kappa shape index (κ3) is 7.16. The number of nitrogens with zero attached hydrogens (tertiary/aromatic N) is 3. The molecule has 1 aliphatic heterocycles. The molecule has 0 N–H and O–H groups in total. The highest BCUT2D eigenvalue weighted by atomic mass is 35.5. The van der Waals surface area contributed by atoms with Gasteiger partial charge < -0.3 is 9.80 Å². The van der Waals surface area contributed by atoms with Crippen LogP contribution in [0.3, 0.4) is 0 Å². The van der Waals surface area contributed by atoms with E-state index in [1.54, 1.807) is 48.5 Å². The predicted octanol–water partition coefficient (Wildman–Crippen LogP) is 8.02. The molecule has 9 heteroatoms. The Hall–Kier alpha value is -3.28. The minimum atomic E-state index is -1.25. The molecule has 44 heavy (non-hydrogen) atoms. The van der Waals surface area contributed by atoms with Gasteiger partial charge in [-0.1, -0.05) is 59.6 Å². The molecule has 0 aromatic heterocycles. The van der Waals surface area contributed by atoms with E-state index in [1.165, 1.54) is 6.07 Å². The highest BCUT2D eigenvalue weighted by Crippen LogP contribution is 2.35. The van der Waals surface area contributed by atoms with Gasteiger partial charge in [-0.2, -0.15) is 5.26 Å². The van der Waals surface area contributed by atoms with Gasteiger partial charge in [-0.05, 0) is 97.5 Å². The molecule has 2 atom stereocenters. The van der Waals surface area contributed by atoms with Gasteiger partial charge in [-0.25, -0.2) is 4.39 Å². The van der Waals surface area contributed by atoms with Crippen LogP contribution in [0, 0.1) is 17.1 Å². The lowest BCUT2D eigenvalue weighted by molar-refractivity contribution is 0.0783. The van der Waals surface area contributed by atoms with Gasteiger partial charge in [-0.3, -0.25) is 9.00 Å². The summed E-state index contributed by atoms with van der Waals surface area (Å²) in [5.74, 6) is -0.433. The number of likely N-dealkylation sites (tertiary alicyclic amines) is 1. The largest absolute Gasteiger partial charge is 0.341 e. The first-order valence-electron chi connectivity index (χ1n) is 14.6. The van der Waals surface area contributed by atoms with Crippen molar-refractivity contribution in [2.24, 2.45) is 0 Å². The standard InChI is InChI=1S/C35H34Cl2FN3O2S/c1-40(35(42)29-19-23(21-39)18-26-6-3-4-7-28(26)29)22-27(25-10-11-30(36)31(37)20-25)14-17-41-15-12-24(13-16-41)34-32(38)8-5-9-33(34)44(2)43/h3-11,18-20,24,27H,12-17,22H2,1-2H3/t27?,44-/m0/s1. The second kappa shape index (κ2) is 14.2. The lowest BCUT2D eigenvalue weighted by atomic mass is 9.88. The van der Waals surface area contributed by atoms with Crippen molar-refractivity contribution in [2.45, 2.75) is 36.0 Å². The van der Waals surface area contributed by atoms with Gasteiger partial charge >= 0.3 is 0 Å². The first kappa shape index (κ1) is 32.1. The maximum atomic E-state index is 14.8. The lowest BCUT2D eigenvalue weighted by Gasteiger charge is -2.34. The number of rotatable bonds is 9. The van der Waals surface area contributed by atoms with Crippen molar-refractivity contribution in [3.8, 4) is 6.07 Å². The van der Waals surface area contributed by atoms with Crippen LogP contribution in [-0.2, 0) is 10.8 Å². The van der Waals surface area contributed by atoms with E-state index in [2.05, 4.69) is 11.0 Å². The van der Waals surface area contributed by atoms with Gasteiger partial charge in [0.15, 0.2) is 0 Å². The maximum absolute atomic E-state index is 14.8. The van der Waals surface area contributed by atoms with E-state index in [0.717, 1.165) is 55.2 Å². The Morgan fingerprint density at radius 2 is 1.82 bits per heavy atom. The Bertz CT molecular complexity index is 1750. The van der Waals surface area contributed by atoms with Crippen LogP contribution in [0.15, 0.2) is 77.7 Å². The molecule has 0 saturated carbocycles. The van der Waals surface area contributed by atoms with Crippen molar-refractivity contribution < 1.29 is 13.4 Å². The third-order valence-corrected chi connectivity index (χ3v) is 10.3. The molecule has 1 saturated heterocycles. The molecular weight excluding hydrogens is 616 g/mol. The average molecular weight is 651 g/mol. The van der Waals surface area contributed by atoms with Crippen LogP contribution in [0.25, 0.3) is 10.8 Å². The molecule has 4 aromatic rings. The van der Waals surface area contributed by atoms with E-state index >= 15 is 0 Å². The van der Waals surface area contributed by atoms with Crippen LogP contribution in [0.2, 0.25) is 10.0 Å². The number of nitriles is 1. The van der Waals surface area contributed by atoms with Gasteiger partial charge in [0.25, 0.3) is 5.91 Å². The van der Waals surface area contributed by atoms with Crippen molar-refractivity contribution in [1.29, 1.82) is 5.26 Å². The second-order valence-corrected chi connectivity index (χ2v) is 13.6. The summed E-state index contributed by atoms with van der Waals surface area (Å²) < 4.78 is 27.1. The number of carbonyl (C=O) groups is 1. The second-order valence-electron chi connectivity index (χ2n) is 11.4. The molecular formula is C35H34Cl2FN3O2S.